The van der Waals surface area contributed by atoms with Gasteiger partial charge in [-0.1, -0.05) is 30.8 Å². The zero-order chi connectivity index (χ0) is 12.4. The van der Waals surface area contributed by atoms with Crippen molar-refractivity contribution in [2.75, 3.05) is 0 Å². The summed E-state index contributed by atoms with van der Waals surface area (Å²) in [6.45, 7) is 3.74. The quantitative estimate of drug-likeness (QED) is 0.539. The Morgan fingerprint density at radius 1 is 1.29 bits per heavy atom. The lowest BCUT2D eigenvalue weighted by Crippen LogP contribution is -1.96. The average molecular weight is 220 g/mol. The Morgan fingerprint density at radius 3 is 2.59 bits per heavy atom. The monoisotopic (exact) mass is 220 g/mol. The van der Waals surface area contributed by atoms with E-state index in [1.165, 1.54) is 6.08 Å². The van der Waals surface area contributed by atoms with Crippen LogP contribution in [0.2, 0.25) is 0 Å². The van der Waals surface area contributed by atoms with Crippen LogP contribution < -0.4 is 0 Å². The summed E-state index contributed by atoms with van der Waals surface area (Å²) in [4.78, 5) is 11.9. The SMILES string of the molecule is C=C1C(=O)c2ccccc2C1C=C(C#N)C#N. The molecule has 17 heavy (non-hydrogen) atoms. The van der Waals surface area contributed by atoms with Crippen LogP contribution in [0.25, 0.3) is 0 Å². The van der Waals surface area contributed by atoms with Gasteiger partial charge in [0.2, 0.25) is 0 Å². The summed E-state index contributed by atoms with van der Waals surface area (Å²) < 4.78 is 0. The van der Waals surface area contributed by atoms with Crippen LogP contribution in [0.15, 0.2) is 48.1 Å². The summed E-state index contributed by atoms with van der Waals surface area (Å²) in [5, 5.41) is 17.5. The third-order valence-corrected chi connectivity index (χ3v) is 2.78. The number of hydrogen-bond acceptors (Lipinski definition) is 3. The summed E-state index contributed by atoms with van der Waals surface area (Å²) in [6.07, 6.45) is 1.49. The molecule has 0 spiro atoms. The number of carbonyl (C=O) groups is 1. The van der Waals surface area contributed by atoms with Crippen LogP contribution in [0.1, 0.15) is 21.8 Å². The zero-order valence-electron chi connectivity index (χ0n) is 8.97. The van der Waals surface area contributed by atoms with Crippen molar-refractivity contribution >= 4 is 5.78 Å². The Bertz CT molecular complexity index is 610. The van der Waals surface area contributed by atoms with E-state index < -0.39 is 0 Å². The number of fused-ring (bicyclic) bond motifs is 1. The van der Waals surface area contributed by atoms with Gasteiger partial charge in [-0.05, 0) is 11.6 Å². The lowest BCUT2D eigenvalue weighted by molar-refractivity contribution is 0.103. The van der Waals surface area contributed by atoms with E-state index in [0.29, 0.717) is 11.1 Å². The first-order chi connectivity index (χ1) is 8.19. The number of nitrogens with zero attached hydrogens (tertiary/aromatic N) is 2. The topological polar surface area (TPSA) is 64.7 Å². The largest absolute Gasteiger partial charge is 0.289 e. The van der Waals surface area contributed by atoms with Gasteiger partial charge in [-0.15, -0.1) is 0 Å². The van der Waals surface area contributed by atoms with Crippen LogP contribution in [0.3, 0.4) is 0 Å². The van der Waals surface area contributed by atoms with Crippen molar-refractivity contribution in [1.82, 2.24) is 0 Å². The predicted octanol–water partition coefficient (Wildman–Crippen LogP) is 2.50. The van der Waals surface area contributed by atoms with Crippen LogP contribution in [0, 0.1) is 22.7 Å². The highest BCUT2D eigenvalue weighted by molar-refractivity contribution is 6.14. The summed E-state index contributed by atoms with van der Waals surface area (Å²) in [7, 11) is 0. The molecule has 0 aromatic heterocycles. The summed E-state index contributed by atoms with van der Waals surface area (Å²) in [5.74, 6) is -0.468. The Kier molecular flexibility index (Phi) is 2.60. The van der Waals surface area contributed by atoms with Gasteiger partial charge >= 0.3 is 0 Å². The summed E-state index contributed by atoms with van der Waals surface area (Å²) in [5.41, 5.74) is 1.83. The number of carbonyl (C=O) groups excluding carboxylic acids is 1. The number of rotatable bonds is 1. The highest BCUT2D eigenvalue weighted by Crippen LogP contribution is 2.37. The molecule has 2 rings (SSSR count). The third kappa shape index (κ3) is 1.64. The molecular weight excluding hydrogens is 212 g/mol. The second kappa shape index (κ2) is 4.08. The van der Waals surface area contributed by atoms with Gasteiger partial charge in [-0.3, -0.25) is 4.79 Å². The van der Waals surface area contributed by atoms with Gasteiger partial charge in [0.25, 0.3) is 0 Å². The Balaban J connectivity index is 2.56. The van der Waals surface area contributed by atoms with Crippen molar-refractivity contribution in [2.24, 2.45) is 0 Å². The van der Waals surface area contributed by atoms with Crippen molar-refractivity contribution in [3.05, 3.63) is 59.2 Å². The smallest absolute Gasteiger partial charge is 0.189 e. The van der Waals surface area contributed by atoms with Gasteiger partial charge in [0.15, 0.2) is 5.78 Å². The fraction of sp³-hybridized carbons (Fsp3) is 0.0714. The molecule has 0 bridgehead atoms. The fourth-order valence-electron chi connectivity index (χ4n) is 1.93. The van der Waals surface area contributed by atoms with Crippen LogP contribution in [0.5, 0.6) is 0 Å². The highest BCUT2D eigenvalue weighted by atomic mass is 16.1. The zero-order valence-corrected chi connectivity index (χ0v) is 8.97. The minimum Gasteiger partial charge on any atom is -0.289 e. The summed E-state index contributed by atoms with van der Waals surface area (Å²) >= 11 is 0. The van der Waals surface area contributed by atoms with Crippen LogP contribution in [0.4, 0.5) is 0 Å². The van der Waals surface area contributed by atoms with E-state index in [4.69, 9.17) is 10.5 Å². The number of Topliss-reactive ketones (excluding diaryl/α,β-unsaturated/α-hetero) is 1. The first-order valence-corrected chi connectivity index (χ1v) is 5.03. The van der Waals surface area contributed by atoms with E-state index in [-0.39, 0.29) is 17.3 Å². The van der Waals surface area contributed by atoms with E-state index in [1.807, 2.05) is 12.1 Å². The molecule has 0 fully saturated rings. The molecule has 0 saturated heterocycles. The minimum absolute atomic E-state index is 0.000605. The van der Waals surface area contributed by atoms with Crippen molar-refractivity contribution in [2.45, 2.75) is 5.92 Å². The van der Waals surface area contributed by atoms with E-state index in [2.05, 4.69) is 6.58 Å². The predicted molar refractivity (Wildman–Crippen MR) is 62.0 cm³/mol. The second-order valence-corrected chi connectivity index (χ2v) is 3.72. The molecular formula is C14H8N2O. The van der Waals surface area contributed by atoms with Gasteiger partial charge in [-0.25, -0.2) is 0 Å². The molecule has 1 aliphatic rings. The van der Waals surface area contributed by atoms with Gasteiger partial charge in [0.05, 0.1) is 0 Å². The molecule has 0 amide bonds. The van der Waals surface area contributed by atoms with Crippen molar-refractivity contribution in [3.8, 4) is 12.1 Å². The minimum atomic E-state index is -0.354. The normalized spacial score (nSPS) is 16.9. The first-order valence-electron chi connectivity index (χ1n) is 5.03. The Hall–Kier alpha value is -2.65. The fourth-order valence-corrected chi connectivity index (χ4v) is 1.93. The van der Waals surface area contributed by atoms with Crippen LogP contribution >= 0.6 is 0 Å². The van der Waals surface area contributed by atoms with Gasteiger partial charge in [0.1, 0.15) is 17.7 Å². The molecule has 1 atom stereocenters. The van der Waals surface area contributed by atoms with E-state index in [1.54, 1.807) is 24.3 Å². The molecule has 1 unspecified atom stereocenters. The molecule has 1 aromatic rings. The van der Waals surface area contributed by atoms with Crippen molar-refractivity contribution in [1.29, 1.82) is 10.5 Å². The lowest BCUT2D eigenvalue weighted by Gasteiger charge is -2.05. The molecule has 1 aromatic carbocycles. The molecule has 3 nitrogen and oxygen atoms in total. The maximum atomic E-state index is 11.9. The number of benzene rings is 1. The number of nitriles is 2. The van der Waals surface area contributed by atoms with Crippen LogP contribution in [-0.4, -0.2) is 5.78 Å². The molecule has 1 aliphatic carbocycles. The average Bonchev–Trinajstić information content (AvgIpc) is 2.61. The van der Waals surface area contributed by atoms with Crippen molar-refractivity contribution in [3.63, 3.8) is 0 Å². The second-order valence-electron chi connectivity index (χ2n) is 3.72. The molecule has 0 radical (unpaired) electrons. The maximum Gasteiger partial charge on any atom is 0.189 e. The molecule has 3 heteroatoms. The molecule has 0 heterocycles. The number of hydrogen-bond donors (Lipinski definition) is 0. The summed E-state index contributed by atoms with van der Waals surface area (Å²) in [6, 6.07) is 10.7. The van der Waals surface area contributed by atoms with Gasteiger partial charge < -0.3 is 0 Å². The van der Waals surface area contributed by atoms with Crippen molar-refractivity contribution < 1.29 is 4.79 Å². The van der Waals surface area contributed by atoms with E-state index in [9.17, 15) is 4.79 Å². The highest BCUT2D eigenvalue weighted by Gasteiger charge is 2.31. The molecule has 0 aliphatic heterocycles. The van der Waals surface area contributed by atoms with E-state index in [0.717, 1.165) is 5.56 Å². The maximum absolute atomic E-state index is 11.9. The first kappa shape index (κ1) is 10.9. The lowest BCUT2D eigenvalue weighted by atomic mass is 9.96. The Labute approximate surface area is 98.9 Å². The third-order valence-electron chi connectivity index (χ3n) is 2.78. The Morgan fingerprint density at radius 2 is 1.94 bits per heavy atom. The standard InChI is InChI=1S/C14H8N2O/c1-9-13(6-10(7-15)8-16)11-4-2-3-5-12(11)14(9)17/h2-6,13H,1H2. The van der Waals surface area contributed by atoms with Gasteiger partial charge in [0, 0.05) is 17.1 Å². The molecule has 0 N–H and O–H groups in total. The molecule has 80 valence electrons. The van der Waals surface area contributed by atoms with E-state index >= 15 is 0 Å². The number of allylic oxidation sites excluding steroid dienone is 3. The molecule has 0 saturated carbocycles. The van der Waals surface area contributed by atoms with Gasteiger partial charge in [-0.2, -0.15) is 10.5 Å². The van der Waals surface area contributed by atoms with Crippen LogP contribution in [-0.2, 0) is 0 Å². The number of ketones is 1.